The zero-order valence-electron chi connectivity index (χ0n) is 17.0. The van der Waals surface area contributed by atoms with Gasteiger partial charge in [0.05, 0.1) is 13.5 Å². The van der Waals surface area contributed by atoms with Crippen molar-refractivity contribution in [2.45, 2.75) is 38.1 Å². The molecule has 1 aromatic heterocycles. The third-order valence-corrected chi connectivity index (χ3v) is 5.65. The Morgan fingerprint density at radius 3 is 2.72 bits per heavy atom. The molecule has 0 bridgehead atoms. The van der Waals surface area contributed by atoms with Crippen molar-refractivity contribution in [3.8, 4) is 5.75 Å². The number of aromatic nitrogens is 2. The molecule has 1 N–H and O–H groups in total. The number of nitrogens with zero attached hydrogens (tertiary/aromatic N) is 2. The molecule has 29 heavy (non-hydrogen) atoms. The summed E-state index contributed by atoms with van der Waals surface area (Å²) in [7, 11) is 3.57. The van der Waals surface area contributed by atoms with Crippen LogP contribution in [0.1, 0.15) is 47.0 Å². The molecule has 0 aliphatic heterocycles. The average molecular weight is 389 g/mol. The van der Waals surface area contributed by atoms with Gasteiger partial charge in [0.25, 0.3) is 0 Å². The number of rotatable bonds is 6. The quantitative estimate of drug-likeness (QED) is 0.698. The first-order valence-electron chi connectivity index (χ1n) is 10.2. The Kier molecular flexibility index (Phi) is 5.65. The third-order valence-electron chi connectivity index (χ3n) is 5.65. The number of methoxy groups -OCH3 is 1. The number of para-hydroxylation sites is 1. The second-order valence-corrected chi connectivity index (χ2v) is 7.63. The number of amides is 1. The third kappa shape index (κ3) is 4.19. The van der Waals surface area contributed by atoms with E-state index in [4.69, 9.17) is 4.74 Å². The molecule has 1 heterocycles. The molecule has 3 aromatic rings. The second kappa shape index (κ2) is 8.52. The molecule has 5 heteroatoms. The van der Waals surface area contributed by atoms with Crippen LogP contribution in [-0.2, 0) is 31.1 Å². The SMILES string of the molecule is COc1ccccc1C(NC(=O)Cc1ccc2c(c1)CCCC2)c1nccn1C. The fourth-order valence-electron chi connectivity index (χ4n) is 4.14. The van der Waals surface area contributed by atoms with Gasteiger partial charge in [0.1, 0.15) is 17.6 Å². The fraction of sp³-hybridized carbons (Fsp3) is 0.333. The Hall–Kier alpha value is -3.08. The predicted octanol–water partition coefficient (Wildman–Crippen LogP) is 3.76. The van der Waals surface area contributed by atoms with Gasteiger partial charge in [-0.2, -0.15) is 0 Å². The zero-order chi connectivity index (χ0) is 20.2. The van der Waals surface area contributed by atoms with E-state index in [0.29, 0.717) is 6.42 Å². The molecule has 0 spiro atoms. The Labute approximate surface area is 171 Å². The summed E-state index contributed by atoms with van der Waals surface area (Å²) in [5, 5.41) is 3.18. The van der Waals surface area contributed by atoms with Crippen molar-refractivity contribution in [1.29, 1.82) is 0 Å². The molecule has 0 fully saturated rings. The van der Waals surface area contributed by atoms with Gasteiger partial charge in [-0.05, 0) is 48.4 Å². The number of aryl methyl sites for hydroxylation is 3. The average Bonchev–Trinajstić information content (AvgIpc) is 3.17. The molecule has 4 rings (SSSR count). The minimum atomic E-state index is -0.378. The van der Waals surface area contributed by atoms with Crippen molar-refractivity contribution in [3.63, 3.8) is 0 Å². The number of carbonyl (C=O) groups excluding carboxylic acids is 1. The van der Waals surface area contributed by atoms with Gasteiger partial charge in [0.15, 0.2) is 0 Å². The number of imidazole rings is 1. The van der Waals surface area contributed by atoms with E-state index < -0.39 is 0 Å². The van der Waals surface area contributed by atoms with Crippen LogP contribution in [0.3, 0.4) is 0 Å². The molecule has 1 aliphatic carbocycles. The molecule has 1 amide bonds. The smallest absolute Gasteiger partial charge is 0.225 e. The van der Waals surface area contributed by atoms with Gasteiger partial charge < -0.3 is 14.6 Å². The summed E-state index contributed by atoms with van der Waals surface area (Å²) in [5.41, 5.74) is 4.78. The highest BCUT2D eigenvalue weighted by Crippen LogP contribution is 2.29. The fourth-order valence-corrected chi connectivity index (χ4v) is 4.14. The normalized spacial score (nSPS) is 14.1. The molecule has 1 aliphatic rings. The Bertz CT molecular complexity index is 1010. The van der Waals surface area contributed by atoms with Crippen molar-refractivity contribution >= 4 is 5.91 Å². The maximum absolute atomic E-state index is 13.0. The van der Waals surface area contributed by atoms with Crippen LogP contribution < -0.4 is 10.1 Å². The van der Waals surface area contributed by atoms with E-state index in [1.54, 1.807) is 13.3 Å². The summed E-state index contributed by atoms with van der Waals surface area (Å²) in [4.78, 5) is 17.5. The van der Waals surface area contributed by atoms with Crippen molar-refractivity contribution in [2.24, 2.45) is 7.05 Å². The van der Waals surface area contributed by atoms with E-state index in [2.05, 4.69) is 28.5 Å². The summed E-state index contributed by atoms with van der Waals surface area (Å²) < 4.78 is 7.46. The predicted molar refractivity (Wildman–Crippen MR) is 113 cm³/mol. The highest BCUT2D eigenvalue weighted by atomic mass is 16.5. The van der Waals surface area contributed by atoms with Crippen LogP contribution in [0.15, 0.2) is 54.9 Å². The van der Waals surface area contributed by atoms with E-state index in [9.17, 15) is 4.79 Å². The van der Waals surface area contributed by atoms with Crippen LogP contribution in [0.5, 0.6) is 5.75 Å². The zero-order valence-corrected chi connectivity index (χ0v) is 17.0. The van der Waals surface area contributed by atoms with Crippen LogP contribution in [-0.4, -0.2) is 22.6 Å². The topological polar surface area (TPSA) is 56.1 Å². The number of nitrogens with one attached hydrogen (secondary N) is 1. The van der Waals surface area contributed by atoms with E-state index in [-0.39, 0.29) is 11.9 Å². The molecule has 0 radical (unpaired) electrons. The minimum absolute atomic E-state index is 0.0281. The lowest BCUT2D eigenvalue weighted by atomic mass is 9.90. The maximum atomic E-state index is 13.0. The number of benzene rings is 2. The number of carbonyl (C=O) groups is 1. The monoisotopic (exact) mass is 389 g/mol. The molecule has 1 unspecified atom stereocenters. The first kappa shape index (κ1) is 19.2. The van der Waals surface area contributed by atoms with Gasteiger partial charge in [-0.25, -0.2) is 4.98 Å². The van der Waals surface area contributed by atoms with Gasteiger partial charge in [-0.3, -0.25) is 4.79 Å². The van der Waals surface area contributed by atoms with Gasteiger partial charge in [0.2, 0.25) is 5.91 Å². The van der Waals surface area contributed by atoms with Gasteiger partial charge >= 0.3 is 0 Å². The Morgan fingerprint density at radius 1 is 1.17 bits per heavy atom. The number of ether oxygens (including phenoxy) is 1. The van der Waals surface area contributed by atoms with Crippen molar-refractivity contribution in [3.05, 3.63) is 82.9 Å². The molecule has 150 valence electrons. The first-order valence-corrected chi connectivity index (χ1v) is 10.2. The highest BCUT2D eigenvalue weighted by Gasteiger charge is 2.24. The van der Waals surface area contributed by atoms with Gasteiger partial charge in [-0.15, -0.1) is 0 Å². The summed E-state index contributed by atoms with van der Waals surface area (Å²) in [6, 6.07) is 13.8. The molecule has 0 saturated heterocycles. The molecule has 0 saturated carbocycles. The largest absolute Gasteiger partial charge is 0.496 e. The standard InChI is InChI=1S/C24H27N3O2/c1-27-14-13-25-24(27)23(20-9-5-6-10-21(20)29-2)26-22(28)16-17-11-12-18-7-3-4-8-19(18)15-17/h5-6,9-15,23H,3-4,7-8,16H2,1-2H3,(H,26,28). The van der Waals surface area contributed by atoms with Crippen LogP contribution in [0.4, 0.5) is 0 Å². The van der Waals surface area contributed by atoms with E-state index >= 15 is 0 Å². The summed E-state index contributed by atoms with van der Waals surface area (Å²) in [5.74, 6) is 1.47. The molecular formula is C24H27N3O2. The summed E-state index contributed by atoms with van der Waals surface area (Å²) in [6.45, 7) is 0. The molecular weight excluding hydrogens is 362 g/mol. The van der Waals surface area contributed by atoms with E-state index in [1.807, 2.05) is 42.1 Å². The van der Waals surface area contributed by atoms with Crippen molar-refractivity contribution in [2.75, 3.05) is 7.11 Å². The summed E-state index contributed by atoms with van der Waals surface area (Å²) in [6.07, 6.45) is 8.73. The summed E-state index contributed by atoms with van der Waals surface area (Å²) >= 11 is 0. The van der Waals surface area contributed by atoms with E-state index in [0.717, 1.165) is 35.5 Å². The van der Waals surface area contributed by atoms with Crippen LogP contribution >= 0.6 is 0 Å². The lowest BCUT2D eigenvalue weighted by molar-refractivity contribution is -0.121. The van der Waals surface area contributed by atoms with Gasteiger partial charge in [0, 0.05) is 25.0 Å². The molecule has 2 aromatic carbocycles. The lowest BCUT2D eigenvalue weighted by Crippen LogP contribution is -2.32. The number of fused-ring (bicyclic) bond motifs is 1. The lowest BCUT2D eigenvalue weighted by Gasteiger charge is -2.21. The number of hydrogen-bond donors (Lipinski definition) is 1. The minimum Gasteiger partial charge on any atom is -0.496 e. The first-order chi connectivity index (χ1) is 14.2. The van der Waals surface area contributed by atoms with Crippen molar-refractivity contribution in [1.82, 2.24) is 14.9 Å². The van der Waals surface area contributed by atoms with Crippen LogP contribution in [0.2, 0.25) is 0 Å². The second-order valence-electron chi connectivity index (χ2n) is 7.63. The van der Waals surface area contributed by atoms with E-state index in [1.165, 1.54) is 24.0 Å². The molecule has 1 atom stereocenters. The van der Waals surface area contributed by atoms with Crippen LogP contribution in [0, 0.1) is 0 Å². The maximum Gasteiger partial charge on any atom is 0.225 e. The Morgan fingerprint density at radius 2 is 1.97 bits per heavy atom. The Balaban J connectivity index is 1.58. The molecule has 5 nitrogen and oxygen atoms in total. The van der Waals surface area contributed by atoms with Gasteiger partial charge in [-0.1, -0.05) is 36.4 Å². The van der Waals surface area contributed by atoms with Crippen LogP contribution in [0.25, 0.3) is 0 Å². The highest BCUT2D eigenvalue weighted by molar-refractivity contribution is 5.79. The number of hydrogen-bond acceptors (Lipinski definition) is 3. The van der Waals surface area contributed by atoms with Crippen molar-refractivity contribution < 1.29 is 9.53 Å².